The Hall–Kier alpha value is -2.00. The minimum atomic E-state index is -0.396. The molecule has 0 saturated heterocycles. The quantitative estimate of drug-likeness (QED) is 0.680. The van der Waals surface area contributed by atoms with Crippen molar-refractivity contribution in [2.75, 3.05) is 6.79 Å². The minimum Gasteiger partial charge on any atom is -0.454 e. The normalized spacial score (nSPS) is 13.2. The third-order valence-electron chi connectivity index (χ3n) is 2.58. The van der Waals surface area contributed by atoms with E-state index in [1.165, 1.54) is 6.08 Å². The van der Waals surface area contributed by atoms with Gasteiger partial charge in [-0.3, -0.25) is 4.79 Å². The van der Waals surface area contributed by atoms with Gasteiger partial charge in [-0.2, -0.15) is 5.26 Å². The SMILES string of the molecule is CC(C)NC(=O)C(C#N)=Cc1cc2c(cc1Br)OCO2. The first-order valence-corrected chi connectivity index (χ1v) is 6.82. The van der Waals surface area contributed by atoms with Gasteiger partial charge in [0.05, 0.1) is 0 Å². The minimum absolute atomic E-state index is 0.0283. The molecule has 20 heavy (non-hydrogen) atoms. The number of nitrogens with one attached hydrogen (secondary N) is 1. The molecule has 0 aromatic heterocycles. The highest BCUT2D eigenvalue weighted by Gasteiger charge is 2.17. The Labute approximate surface area is 125 Å². The number of carbonyl (C=O) groups is 1. The molecule has 1 heterocycles. The number of hydrogen-bond donors (Lipinski definition) is 1. The Balaban J connectivity index is 2.33. The lowest BCUT2D eigenvalue weighted by atomic mass is 10.1. The zero-order chi connectivity index (χ0) is 14.7. The van der Waals surface area contributed by atoms with Crippen LogP contribution in [0.25, 0.3) is 6.08 Å². The fourth-order valence-corrected chi connectivity index (χ4v) is 2.12. The third-order valence-corrected chi connectivity index (χ3v) is 3.26. The van der Waals surface area contributed by atoms with Crippen LogP contribution in [0.4, 0.5) is 0 Å². The monoisotopic (exact) mass is 336 g/mol. The molecule has 1 aliphatic rings. The summed E-state index contributed by atoms with van der Waals surface area (Å²) in [6.07, 6.45) is 1.52. The topological polar surface area (TPSA) is 71.4 Å². The Morgan fingerprint density at radius 1 is 1.45 bits per heavy atom. The van der Waals surface area contributed by atoms with Crippen molar-refractivity contribution >= 4 is 27.9 Å². The average Bonchev–Trinajstić information content (AvgIpc) is 2.81. The molecule has 1 aromatic rings. The second-order valence-corrected chi connectivity index (χ2v) is 5.38. The predicted molar refractivity (Wildman–Crippen MR) is 77.1 cm³/mol. The highest BCUT2D eigenvalue weighted by Crippen LogP contribution is 2.37. The van der Waals surface area contributed by atoms with Gasteiger partial charge >= 0.3 is 0 Å². The van der Waals surface area contributed by atoms with Gasteiger partial charge in [0.15, 0.2) is 11.5 Å². The molecule has 0 unspecified atom stereocenters. The highest BCUT2D eigenvalue weighted by atomic mass is 79.9. The van der Waals surface area contributed by atoms with Gasteiger partial charge in [0.1, 0.15) is 11.6 Å². The number of ether oxygens (including phenoxy) is 2. The van der Waals surface area contributed by atoms with Gasteiger partial charge in [-0.25, -0.2) is 0 Å². The highest BCUT2D eigenvalue weighted by molar-refractivity contribution is 9.10. The summed E-state index contributed by atoms with van der Waals surface area (Å²) in [5, 5.41) is 11.8. The number of rotatable bonds is 3. The van der Waals surface area contributed by atoms with Gasteiger partial charge in [-0.1, -0.05) is 15.9 Å². The number of benzene rings is 1. The summed E-state index contributed by atoms with van der Waals surface area (Å²) in [4.78, 5) is 11.9. The second-order valence-electron chi connectivity index (χ2n) is 4.52. The van der Waals surface area contributed by atoms with Crippen molar-refractivity contribution in [1.29, 1.82) is 5.26 Å². The van der Waals surface area contributed by atoms with Crippen LogP contribution in [0.5, 0.6) is 11.5 Å². The summed E-state index contributed by atoms with van der Waals surface area (Å²) in [6.45, 7) is 3.85. The van der Waals surface area contributed by atoms with E-state index in [0.717, 1.165) is 4.47 Å². The van der Waals surface area contributed by atoms with E-state index in [0.29, 0.717) is 17.1 Å². The number of carbonyl (C=O) groups excluding carboxylic acids is 1. The molecule has 0 radical (unpaired) electrons. The number of halogens is 1. The van der Waals surface area contributed by atoms with Crippen LogP contribution in [0.3, 0.4) is 0 Å². The molecule has 1 N–H and O–H groups in total. The van der Waals surface area contributed by atoms with Crippen molar-refractivity contribution in [3.05, 3.63) is 27.7 Å². The summed E-state index contributed by atoms with van der Waals surface area (Å²) < 4.78 is 11.3. The largest absolute Gasteiger partial charge is 0.454 e. The van der Waals surface area contributed by atoms with Crippen LogP contribution < -0.4 is 14.8 Å². The van der Waals surface area contributed by atoms with Crippen molar-refractivity contribution in [3.63, 3.8) is 0 Å². The maximum atomic E-state index is 11.9. The van der Waals surface area contributed by atoms with Crippen molar-refractivity contribution in [2.45, 2.75) is 19.9 Å². The zero-order valence-corrected chi connectivity index (χ0v) is 12.7. The van der Waals surface area contributed by atoms with Crippen molar-refractivity contribution in [1.82, 2.24) is 5.32 Å². The van der Waals surface area contributed by atoms with E-state index >= 15 is 0 Å². The molecular formula is C14H13BrN2O3. The van der Waals surface area contributed by atoms with E-state index in [9.17, 15) is 4.79 Å². The smallest absolute Gasteiger partial charge is 0.262 e. The maximum absolute atomic E-state index is 11.9. The lowest BCUT2D eigenvalue weighted by molar-refractivity contribution is -0.117. The van der Waals surface area contributed by atoms with Crippen LogP contribution in [0.1, 0.15) is 19.4 Å². The average molecular weight is 337 g/mol. The predicted octanol–water partition coefficient (Wildman–Crippen LogP) is 2.61. The van der Waals surface area contributed by atoms with Gasteiger partial charge in [-0.15, -0.1) is 0 Å². The molecule has 0 spiro atoms. The number of amides is 1. The van der Waals surface area contributed by atoms with E-state index in [-0.39, 0.29) is 18.4 Å². The molecular weight excluding hydrogens is 324 g/mol. The molecule has 1 aliphatic heterocycles. The van der Waals surface area contributed by atoms with Crippen LogP contribution in [0.2, 0.25) is 0 Å². The van der Waals surface area contributed by atoms with Gasteiger partial charge < -0.3 is 14.8 Å². The Bertz CT molecular complexity index is 618. The lowest BCUT2D eigenvalue weighted by Crippen LogP contribution is -2.30. The van der Waals surface area contributed by atoms with E-state index in [4.69, 9.17) is 14.7 Å². The first-order chi connectivity index (χ1) is 9.51. The summed E-state index contributed by atoms with van der Waals surface area (Å²) in [6, 6.07) is 5.36. The molecule has 0 aliphatic carbocycles. The van der Waals surface area contributed by atoms with Crippen molar-refractivity contribution in [3.8, 4) is 17.6 Å². The van der Waals surface area contributed by atoms with Crippen LogP contribution in [-0.4, -0.2) is 18.7 Å². The van der Waals surface area contributed by atoms with E-state index in [1.807, 2.05) is 19.9 Å². The van der Waals surface area contributed by atoms with E-state index in [1.54, 1.807) is 12.1 Å². The zero-order valence-electron chi connectivity index (χ0n) is 11.1. The van der Waals surface area contributed by atoms with Gasteiger partial charge in [0, 0.05) is 10.5 Å². The molecule has 6 heteroatoms. The first kappa shape index (κ1) is 14.4. The number of nitriles is 1. The number of hydrogen-bond acceptors (Lipinski definition) is 4. The molecule has 0 fully saturated rings. The van der Waals surface area contributed by atoms with Crippen molar-refractivity contribution < 1.29 is 14.3 Å². The number of fused-ring (bicyclic) bond motifs is 1. The molecule has 104 valence electrons. The van der Waals surface area contributed by atoms with Crippen molar-refractivity contribution in [2.24, 2.45) is 0 Å². The standard InChI is InChI=1S/C14H13BrN2O3/c1-8(2)17-14(18)10(6-16)3-9-4-12-13(5-11(9)15)20-7-19-12/h3-5,8H,7H2,1-2H3,(H,17,18). The summed E-state index contributed by atoms with van der Waals surface area (Å²) in [5.74, 6) is 0.840. The summed E-state index contributed by atoms with van der Waals surface area (Å²) in [7, 11) is 0. The van der Waals surface area contributed by atoms with Crippen LogP contribution in [0, 0.1) is 11.3 Å². The first-order valence-electron chi connectivity index (χ1n) is 6.03. The maximum Gasteiger partial charge on any atom is 0.262 e. The van der Waals surface area contributed by atoms with Gasteiger partial charge in [-0.05, 0) is 37.6 Å². The van der Waals surface area contributed by atoms with E-state index in [2.05, 4.69) is 21.2 Å². The molecule has 1 aromatic carbocycles. The third kappa shape index (κ3) is 3.11. The molecule has 2 rings (SSSR count). The lowest BCUT2D eigenvalue weighted by Gasteiger charge is -2.07. The fourth-order valence-electron chi connectivity index (χ4n) is 1.69. The molecule has 0 saturated carbocycles. The summed E-state index contributed by atoms with van der Waals surface area (Å²) >= 11 is 3.39. The summed E-state index contributed by atoms with van der Waals surface area (Å²) in [5.41, 5.74) is 0.725. The molecule has 5 nitrogen and oxygen atoms in total. The Morgan fingerprint density at radius 2 is 2.10 bits per heavy atom. The van der Waals surface area contributed by atoms with Gasteiger partial charge in [0.2, 0.25) is 6.79 Å². The van der Waals surface area contributed by atoms with E-state index < -0.39 is 5.91 Å². The van der Waals surface area contributed by atoms with Crippen LogP contribution in [-0.2, 0) is 4.79 Å². The second kappa shape index (κ2) is 5.97. The van der Waals surface area contributed by atoms with Crippen LogP contribution >= 0.6 is 15.9 Å². The molecule has 0 bridgehead atoms. The molecule has 1 amide bonds. The van der Waals surface area contributed by atoms with Gasteiger partial charge in [0.25, 0.3) is 5.91 Å². The Kier molecular flexibility index (Phi) is 4.30. The fraction of sp³-hybridized carbons (Fsp3) is 0.286. The number of nitrogens with zero attached hydrogens (tertiary/aromatic N) is 1. The molecule has 0 atom stereocenters. The Morgan fingerprint density at radius 3 is 2.70 bits per heavy atom. The van der Waals surface area contributed by atoms with Crippen LogP contribution in [0.15, 0.2) is 22.2 Å².